The minimum Gasteiger partial charge on any atom is -0.341 e. The summed E-state index contributed by atoms with van der Waals surface area (Å²) in [5.74, 6) is -2.49. The number of halogens is 3. The van der Waals surface area contributed by atoms with Gasteiger partial charge in [-0.25, -0.2) is 0 Å². The monoisotopic (exact) mass is 356 g/mol. The highest BCUT2D eigenvalue weighted by molar-refractivity contribution is 5.94. The van der Waals surface area contributed by atoms with E-state index in [9.17, 15) is 22.8 Å². The van der Waals surface area contributed by atoms with Crippen LogP contribution in [0.3, 0.4) is 0 Å². The fourth-order valence-corrected chi connectivity index (χ4v) is 3.16. The summed E-state index contributed by atoms with van der Waals surface area (Å²) in [4.78, 5) is 25.9. The van der Waals surface area contributed by atoms with Crippen molar-refractivity contribution in [2.24, 2.45) is 0 Å². The van der Waals surface area contributed by atoms with Crippen LogP contribution in [0.25, 0.3) is 0 Å². The van der Waals surface area contributed by atoms with Crippen LogP contribution in [-0.2, 0) is 16.0 Å². The van der Waals surface area contributed by atoms with Crippen LogP contribution in [0.15, 0.2) is 30.3 Å². The molecule has 0 bridgehead atoms. The molecule has 0 aliphatic carbocycles. The Balaban J connectivity index is 2.21. The topological polar surface area (TPSA) is 49.4 Å². The van der Waals surface area contributed by atoms with E-state index in [-0.39, 0.29) is 12.8 Å². The van der Waals surface area contributed by atoms with Crippen molar-refractivity contribution >= 4 is 11.8 Å². The zero-order valence-corrected chi connectivity index (χ0v) is 14.2. The molecule has 1 aromatic carbocycles. The molecule has 1 fully saturated rings. The van der Waals surface area contributed by atoms with E-state index in [1.54, 1.807) is 35.2 Å². The van der Waals surface area contributed by atoms with E-state index in [4.69, 9.17) is 0 Å². The second kappa shape index (κ2) is 7.89. The first-order valence-electron chi connectivity index (χ1n) is 8.51. The number of hydrogen-bond acceptors (Lipinski definition) is 2. The van der Waals surface area contributed by atoms with Crippen LogP contribution in [0, 0.1) is 0 Å². The number of likely N-dealkylation sites (tertiary alicyclic amines) is 1. The average molecular weight is 356 g/mol. The summed E-state index contributed by atoms with van der Waals surface area (Å²) in [7, 11) is 0. The first-order chi connectivity index (χ1) is 11.8. The van der Waals surface area contributed by atoms with Gasteiger partial charge < -0.3 is 10.2 Å². The Morgan fingerprint density at radius 1 is 1.24 bits per heavy atom. The summed E-state index contributed by atoms with van der Waals surface area (Å²) >= 11 is 0. The number of amides is 2. The first kappa shape index (κ1) is 19.3. The van der Waals surface area contributed by atoms with Crippen molar-refractivity contribution in [2.75, 3.05) is 13.1 Å². The highest BCUT2D eigenvalue weighted by atomic mass is 19.4. The number of carbonyl (C=O) groups is 2. The van der Waals surface area contributed by atoms with Gasteiger partial charge in [0, 0.05) is 19.5 Å². The van der Waals surface area contributed by atoms with Gasteiger partial charge in [-0.2, -0.15) is 13.2 Å². The Hall–Kier alpha value is -2.05. The number of nitrogens with zero attached hydrogens (tertiary/aromatic N) is 1. The third-order valence-corrected chi connectivity index (χ3v) is 4.50. The molecule has 0 radical (unpaired) electrons. The number of alkyl halides is 3. The van der Waals surface area contributed by atoms with E-state index in [0.717, 1.165) is 19.3 Å². The number of carbonyl (C=O) groups excluding carboxylic acids is 2. The molecule has 7 heteroatoms. The summed E-state index contributed by atoms with van der Waals surface area (Å²) in [5, 5.41) is 2.00. The van der Waals surface area contributed by atoms with Gasteiger partial charge >= 0.3 is 12.1 Å². The number of nitrogens with one attached hydrogen (secondary N) is 1. The lowest BCUT2D eigenvalue weighted by atomic mass is 9.89. The van der Waals surface area contributed by atoms with Gasteiger partial charge in [0.15, 0.2) is 0 Å². The van der Waals surface area contributed by atoms with E-state index in [0.29, 0.717) is 18.7 Å². The molecule has 25 heavy (non-hydrogen) atoms. The third-order valence-electron chi connectivity index (χ3n) is 4.50. The summed E-state index contributed by atoms with van der Waals surface area (Å²) in [6.45, 7) is 2.90. The second-order valence-corrected chi connectivity index (χ2v) is 6.45. The van der Waals surface area contributed by atoms with Gasteiger partial charge in [-0.1, -0.05) is 50.1 Å². The molecule has 1 aliphatic heterocycles. The van der Waals surface area contributed by atoms with E-state index in [2.05, 4.69) is 0 Å². The van der Waals surface area contributed by atoms with Gasteiger partial charge in [-0.05, 0) is 18.4 Å². The molecule has 1 atom stereocenters. The Morgan fingerprint density at radius 2 is 1.92 bits per heavy atom. The minimum atomic E-state index is -5.01. The van der Waals surface area contributed by atoms with Crippen molar-refractivity contribution < 1.29 is 22.8 Å². The Labute approximate surface area is 145 Å². The second-order valence-electron chi connectivity index (χ2n) is 6.45. The summed E-state index contributed by atoms with van der Waals surface area (Å²) < 4.78 is 38.2. The smallest absolute Gasteiger partial charge is 0.341 e. The fraction of sp³-hybridized carbons (Fsp3) is 0.556. The molecule has 1 aromatic rings. The highest BCUT2D eigenvalue weighted by Gasteiger charge is 2.51. The maximum Gasteiger partial charge on any atom is 0.471 e. The molecular formula is C18H23F3N2O2. The summed E-state index contributed by atoms with van der Waals surface area (Å²) in [6.07, 6.45) is -2.05. The Bertz CT molecular complexity index is 604. The maximum atomic E-state index is 12.8. The standard InChI is InChI=1S/C18H23F3N2O2/c1-2-3-7-11-23-12-10-17(16(23)25,22-15(24)18(19,20)21)13-14-8-5-4-6-9-14/h4-6,8-9H,2-3,7,10-13H2,1H3,(H,22,24). The van der Waals surface area contributed by atoms with Crippen molar-refractivity contribution in [3.63, 3.8) is 0 Å². The van der Waals surface area contributed by atoms with Gasteiger partial charge in [0.25, 0.3) is 0 Å². The quantitative estimate of drug-likeness (QED) is 0.764. The molecule has 0 saturated carbocycles. The van der Waals surface area contributed by atoms with E-state index >= 15 is 0 Å². The zero-order valence-electron chi connectivity index (χ0n) is 14.2. The SMILES string of the molecule is CCCCCN1CCC(Cc2ccccc2)(NC(=O)C(F)(F)F)C1=O. The predicted octanol–water partition coefficient (Wildman–Crippen LogP) is 3.07. The fourth-order valence-electron chi connectivity index (χ4n) is 3.16. The molecule has 1 unspecified atom stereocenters. The largest absolute Gasteiger partial charge is 0.471 e. The van der Waals surface area contributed by atoms with Crippen LogP contribution in [0.2, 0.25) is 0 Å². The van der Waals surface area contributed by atoms with Gasteiger partial charge in [0.05, 0.1) is 0 Å². The molecule has 1 saturated heterocycles. The third kappa shape index (κ3) is 4.74. The van der Waals surface area contributed by atoms with Crippen molar-refractivity contribution in [3.05, 3.63) is 35.9 Å². The summed E-state index contributed by atoms with van der Waals surface area (Å²) in [5.41, 5.74) is -0.811. The number of unbranched alkanes of at least 4 members (excludes halogenated alkanes) is 2. The minimum absolute atomic E-state index is 0.0543. The Morgan fingerprint density at radius 3 is 2.52 bits per heavy atom. The van der Waals surface area contributed by atoms with Crippen LogP contribution in [0.1, 0.15) is 38.2 Å². The molecule has 2 rings (SSSR count). The van der Waals surface area contributed by atoms with Crippen LogP contribution >= 0.6 is 0 Å². The van der Waals surface area contributed by atoms with E-state index in [1.807, 2.05) is 12.2 Å². The van der Waals surface area contributed by atoms with Gasteiger partial charge in [0.1, 0.15) is 5.54 Å². The lowest BCUT2D eigenvalue weighted by Gasteiger charge is -2.29. The van der Waals surface area contributed by atoms with Crippen molar-refractivity contribution in [2.45, 2.75) is 50.7 Å². The molecular weight excluding hydrogens is 333 g/mol. The summed E-state index contributed by atoms with van der Waals surface area (Å²) in [6, 6.07) is 8.79. The molecule has 0 aromatic heterocycles. The van der Waals surface area contributed by atoms with Gasteiger partial charge in [0.2, 0.25) is 5.91 Å². The number of hydrogen-bond donors (Lipinski definition) is 1. The molecule has 1 aliphatic rings. The van der Waals surface area contributed by atoms with Crippen molar-refractivity contribution in [1.29, 1.82) is 0 Å². The van der Waals surface area contributed by atoms with Crippen LogP contribution < -0.4 is 5.32 Å². The molecule has 138 valence electrons. The molecule has 1 N–H and O–H groups in total. The lowest BCUT2D eigenvalue weighted by Crippen LogP contribution is -2.58. The maximum absolute atomic E-state index is 12.8. The zero-order chi connectivity index (χ0) is 18.5. The van der Waals surface area contributed by atoms with Crippen molar-refractivity contribution in [3.8, 4) is 0 Å². The normalized spacial score (nSPS) is 20.8. The average Bonchev–Trinajstić information content (AvgIpc) is 2.85. The van der Waals surface area contributed by atoms with Crippen LogP contribution in [0.5, 0.6) is 0 Å². The van der Waals surface area contributed by atoms with Crippen LogP contribution in [-0.4, -0.2) is 41.5 Å². The van der Waals surface area contributed by atoms with E-state index in [1.165, 1.54) is 0 Å². The molecule has 4 nitrogen and oxygen atoms in total. The lowest BCUT2D eigenvalue weighted by molar-refractivity contribution is -0.176. The van der Waals surface area contributed by atoms with Gasteiger partial charge in [-0.15, -0.1) is 0 Å². The van der Waals surface area contributed by atoms with Crippen molar-refractivity contribution in [1.82, 2.24) is 10.2 Å². The van der Waals surface area contributed by atoms with Gasteiger partial charge in [-0.3, -0.25) is 9.59 Å². The number of benzene rings is 1. The first-order valence-corrected chi connectivity index (χ1v) is 8.51. The Kier molecular flexibility index (Phi) is 6.08. The van der Waals surface area contributed by atoms with E-state index < -0.39 is 23.5 Å². The molecule has 2 amide bonds. The molecule has 1 heterocycles. The van der Waals surface area contributed by atoms with Crippen LogP contribution in [0.4, 0.5) is 13.2 Å². The number of rotatable bonds is 7. The highest BCUT2D eigenvalue weighted by Crippen LogP contribution is 2.29. The molecule has 0 spiro atoms. The predicted molar refractivity (Wildman–Crippen MR) is 87.8 cm³/mol.